The van der Waals surface area contributed by atoms with Crippen LogP contribution in [0, 0.1) is 0 Å². The number of Topliss-reactive ketones (excluding diaryl/α,β-unsaturated/α-hetero) is 2. The Bertz CT molecular complexity index is 163. The van der Waals surface area contributed by atoms with Gasteiger partial charge in [-0.2, -0.15) is 0 Å². The molecule has 0 aromatic carbocycles. The van der Waals surface area contributed by atoms with Gasteiger partial charge in [-0.3, -0.25) is 0 Å². The summed E-state index contributed by atoms with van der Waals surface area (Å²) in [5.74, 6) is 0.333. The van der Waals surface area contributed by atoms with Gasteiger partial charge in [-0.05, 0) is 27.7 Å². The Morgan fingerprint density at radius 3 is 1.06 bits per heavy atom. The quantitative estimate of drug-likeness (QED) is 0.744. The van der Waals surface area contributed by atoms with Gasteiger partial charge in [0.1, 0.15) is 11.6 Å². The molecule has 0 saturated carbocycles. The first-order chi connectivity index (χ1) is 7.59. The van der Waals surface area contributed by atoms with E-state index in [0.717, 1.165) is 0 Å². The van der Waals surface area contributed by atoms with E-state index >= 15 is 0 Å². The van der Waals surface area contributed by atoms with Crippen molar-refractivity contribution in [2.75, 3.05) is 0 Å². The molecule has 0 atom stereocenters. The number of ketones is 2. The zero-order valence-corrected chi connectivity index (χ0v) is 13.8. The second-order valence-corrected chi connectivity index (χ2v) is 5.23. The van der Waals surface area contributed by atoms with E-state index in [4.69, 9.17) is 6.64 Å². The molecule has 0 rings (SSSR count). The van der Waals surface area contributed by atoms with Gasteiger partial charge in [0.25, 0.3) is 0 Å². The molecule has 0 aliphatic heterocycles. The third kappa shape index (κ3) is 87.4. The third-order valence-corrected chi connectivity index (χ3v) is 2.34. The summed E-state index contributed by atoms with van der Waals surface area (Å²) in [5.41, 5.74) is 0. The summed E-state index contributed by atoms with van der Waals surface area (Å²) in [6, 6.07) is 0. The molecule has 0 fully saturated rings. The van der Waals surface area contributed by atoms with Gasteiger partial charge >= 0.3 is 66.5 Å². The molecule has 0 aliphatic rings. The summed E-state index contributed by atoms with van der Waals surface area (Å²) in [6.45, 7) is 14.2. The van der Waals surface area contributed by atoms with Gasteiger partial charge in [-0.25, -0.2) is 0 Å². The molecule has 0 unspecified atom stereocenters. The molecule has 0 N–H and O–H groups in total. The van der Waals surface area contributed by atoms with Crippen LogP contribution < -0.4 is 0 Å². The van der Waals surface area contributed by atoms with Crippen molar-refractivity contribution >= 4 is 11.6 Å². The molecule has 0 aliphatic carbocycles. The normalized spacial score (nSPS) is 8.82. The fourth-order valence-corrected chi connectivity index (χ4v) is 0.908. The monoisotopic (exact) mass is 282 g/mol. The SMILES string of the molecule is CC(C)=O.CC(C)=O.CC(C)[O][Ti][O]C(C)C. The van der Waals surface area contributed by atoms with E-state index < -0.39 is 19.9 Å². The van der Waals surface area contributed by atoms with Gasteiger partial charge < -0.3 is 9.59 Å². The van der Waals surface area contributed by atoms with Gasteiger partial charge in [0.05, 0.1) is 0 Å². The zero-order valence-electron chi connectivity index (χ0n) is 12.3. The van der Waals surface area contributed by atoms with Crippen LogP contribution in [0.15, 0.2) is 0 Å². The minimum absolute atomic E-state index is 0.167. The first kappa shape index (κ1) is 22.2. The minimum atomic E-state index is -0.574. The Morgan fingerprint density at radius 2 is 0.941 bits per heavy atom. The van der Waals surface area contributed by atoms with Crippen LogP contribution in [0.4, 0.5) is 0 Å². The number of hydrogen-bond donors (Lipinski definition) is 0. The van der Waals surface area contributed by atoms with Crippen molar-refractivity contribution in [1.82, 2.24) is 0 Å². The van der Waals surface area contributed by atoms with Crippen LogP contribution in [0.5, 0.6) is 0 Å². The van der Waals surface area contributed by atoms with Gasteiger partial charge in [-0.15, -0.1) is 0 Å². The number of rotatable bonds is 4. The average Bonchev–Trinajstić information content (AvgIpc) is 1.99. The molecule has 0 spiro atoms. The summed E-state index contributed by atoms with van der Waals surface area (Å²) in [7, 11) is 0. The molecular formula is C12H26O4Ti. The Hall–Kier alpha value is -0.0257. The Balaban J connectivity index is -0.000000205. The second-order valence-electron chi connectivity index (χ2n) is 4.23. The van der Waals surface area contributed by atoms with Crippen LogP contribution in [-0.4, -0.2) is 23.8 Å². The van der Waals surface area contributed by atoms with Gasteiger partial charge in [-0.1, -0.05) is 0 Å². The molecule has 0 aromatic heterocycles. The molecule has 0 aromatic rings. The maximum atomic E-state index is 9.44. The van der Waals surface area contributed by atoms with Crippen molar-refractivity contribution < 1.29 is 36.2 Å². The van der Waals surface area contributed by atoms with E-state index in [0.29, 0.717) is 12.2 Å². The predicted octanol–water partition coefficient (Wildman–Crippen LogP) is 2.94. The summed E-state index contributed by atoms with van der Waals surface area (Å²) in [4.78, 5) is 18.9. The Morgan fingerprint density at radius 1 is 0.765 bits per heavy atom. The molecule has 4 nitrogen and oxygen atoms in total. The zero-order chi connectivity index (χ0) is 14.4. The van der Waals surface area contributed by atoms with E-state index in [1.807, 2.05) is 27.7 Å². The summed E-state index contributed by atoms with van der Waals surface area (Å²) >= 11 is -0.574. The van der Waals surface area contributed by atoms with Crippen LogP contribution in [0.3, 0.4) is 0 Å². The maximum absolute atomic E-state index is 9.44. The first-order valence-electron chi connectivity index (χ1n) is 5.60. The summed E-state index contributed by atoms with van der Waals surface area (Å²) in [5, 5.41) is 0. The molecule has 5 heteroatoms. The van der Waals surface area contributed by atoms with Gasteiger partial charge in [0.15, 0.2) is 0 Å². The molecule has 17 heavy (non-hydrogen) atoms. The molecular weight excluding hydrogens is 256 g/mol. The molecule has 102 valence electrons. The number of carbonyl (C=O) groups excluding carboxylic acids is 2. The Labute approximate surface area is 115 Å². The first-order valence-corrected chi connectivity index (χ1v) is 6.87. The number of hydrogen-bond acceptors (Lipinski definition) is 4. The second kappa shape index (κ2) is 16.0. The topological polar surface area (TPSA) is 52.6 Å². The van der Waals surface area contributed by atoms with Crippen LogP contribution in [0.1, 0.15) is 55.4 Å². The van der Waals surface area contributed by atoms with Crippen molar-refractivity contribution in [2.24, 2.45) is 0 Å². The molecule has 0 saturated heterocycles. The van der Waals surface area contributed by atoms with Crippen molar-refractivity contribution in [1.29, 1.82) is 0 Å². The molecule has 0 amide bonds. The van der Waals surface area contributed by atoms with E-state index in [-0.39, 0.29) is 11.6 Å². The van der Waals surface area contributed by atoms with Crippen molar-refractivity contribution in [3.8, 4) is 0 Å². The summed E-state index contributed by atoms with van der Waals surface area (Å²) < 4.78 is 10.5. The number of carbonyl (C=O) groups is 2. The fraction of sp³-hybridized carbons (Fsp3) is 0.833. The van der Waals surface area contributed by atoms with Crippen molar-refractivity contribution in [3.63, 3.8) is 0 Å². The fourth-order valence-electron chi connectivity index (χ4n) is 0.220. The van der Waals surface area contributed by atoms with Gasteiger partial charge in [0.2, 0.25) is 0 Å². The van der Waals surface area contributed by atoms with Crippen molar-refractivity contribution in [2.45, 2.75) is 67.6 Å². The van der Waals surface area contributed by atoms with Crippen LogP contribution >= 0.6 is 0 Å². The van der Waals surface area contributed by atoms with E-state index in [1.165, 1.54) is 27.7 Å². The summed E-state index contributed by atoms with van der Waals surface area (Å²) in [6.07, 6.45) is 0.646. The standard InChI is InChI=1S/2C3H7O.2C3H6O.Ti/c4*1-3(2)4;/h2*3H,1-2H3;2*1-2H3;/q2*-1;;;+2. The molecule has 0 bridgehead atoms. The van der Waals surface area contributed by atoms with Crippen LogP contribution in [0.2, 0.25) is 0 Å². The van der Waals surface area contributed by atoms with E-state index in [9.17, 15) is 9.59 Å². The Kier molecular flexibility index (Phi) is 20.8. The average molecular weight is 282 g/mol. The predicted molar refractivity (Wildman–Crippen MR) is 65.2 cm³/mol. The molecule has 0 heterocycles. The van der Waals surface area contributed by atoms with E-state index in [2.05, 4.69) is 0 Å². The third-order valence-electron chi connectivity index (χ3n) is 0.568. The van der Waals surface area contributed by atoms with Crippen LogP contribution in [-0.2, 0) is 36.2 Å². The van der Waals surface area contributed by atoms with E-state index in [1.54, 1.807) is 0 Å². The molecule has 0 radical (unpaired) electrons. The van der Waals surface area contributed by atoms with Crippen molar-refractivity contribution in [3.05, 3.63) is 0 Å². The van der Waals surface area contributed by atoms with Gasteiger partial charge in [0, 0.05) is 0 Å². The van der Waals surface area contributed by atoms with Crippen LogP contribution in [0.25, 0.3) is 0 Å².